The molecule has 2 aliphatic rings. The molecule has 12 nitrogen and oxygen atoms in total. The van der Waals surface area contributed by atoms with Gasteiger partial charge in [-0.1, -0.05) is 0 Å². The molecule has 9 N–H and O–H groups in total. The predicted molar refractivity (Wildman–Crippen MR) is 80.3 cm³/mol. The normalized spacial score (nSPS) is 49.7. The first-order valence-electron chi connectivity index (χ1n) is 7.97. The van der Waals surface area contributed by atoms with Gasteiger partial charge in [0.05, 0.1) is 19.8 Å². The van der Waals surface area contributed by atoms with Gasteiger partial charge in [-0.3, -0.25) is 4.79 Å². The second-order valence-corrected chi connectivity index (χ2v) is 6.59. The summed E-state index contributed by atoms with van der Waals surface area (Å²) < 4.78 is 10.1. The molecule has 0 aromatic heterocycles. The van der Waals surface area contributed by atoms with Crippen LogP contribution in [-0.4, -0.2) is 121 Å². The fraction of sp³-hybridized carbons (Fsp3) is 0.929. The van der Waals surface area contributed by atoms with Gasteiger partial charge in [0.15, 0.2) is 17.5 Å². The van der Waals surface area contributed by atoms with Crippen molar-refractivity contribution in [1.82, 2.24) is 5.32 Å². The summed E-state index contributed by atoms with van der Waals surface area (Å²) in [6.07, 6.45) is -11.0. The fourth-order valence-electron chi connectivity index (χ4n) is 3.50. The zero-order valence-electron chi connectivity index (χ0n) is 14.0. The van der Waals surface area contributed by atoms with E-state index in [1.807, 2.05) is 0 Å². The molecule has 0 aromatic rings. The molecule has 2 aliphatic heterocycles. The minimum Gasteiger partial charge on any atom is -0.394 e. The summed E-state index contributed by atoms with van der Waals surface area (Å²) in [4.78, 5) is 11.3. The van der Waals surface area contributed by atoms with Crippen molar-refractivity contribution in [3.63, 3.8) is 0 Å². The molecule has 0 aromatic carbocycles. The molecule has 0 radical (unpaired) electrons. The molecule has 12 heteroatoms. The van der Waals surface area contributed by atoms with E-state index in [4.69, 9.17) is 14.6 Å². The van der Waals surface area contributed by atoms with Crippen LogP contribution in [0.3, 0.4) is 0 Å². The van der Waals surface area contributed by atoms with Crippen LogP contribution in [0.2, 0.25) is 0 Å². The number of carbonyl (C=O) groups excluding carboxylic acids is 1. The molecule has 2 saturated heterocycles. The van der Waals surface area contributed by atoms with Gasteiger partial charge in [0.2, 0.25) is 5.91 Å². The summed E-state index contributed by atoms with van der Waals surface area (Å²) in [7, 11) is 0. The van der Waals surface area contributed by atoms with E-state index in [9.17, 15) is 40.5 Å². The fourth-order valence-corrected chi connectivity index (χ4v) is 3.50. The van der Waals surface area contributed by atoms with Crippen molar-refractivity contribution in [2.45, 2.75) is 61.0 Å². The van der Waals surface area contributed by atoms with Crippen LogP contribution < -0.4 is 5.32 Å². The van der Waals surface area contributed by atoms with Crippen molar-refractivity contribution >= 4 is 5.91 Å². The van der Waals surface area contributed by atoms with Crippen LogP contribution in [0, 0.1) is 0 Å². The Hall–Kier alpha value is -0.930. The molecular formula is C14H25NO11. The van der Waals surface area contributed by atoms with Crippen molar-refractivity contribution in [1.29, 1.82) is 0 Å². The number of hydrogen-bond donors (Lipinski definition) is 9. The van der Waals surface area contributed by atoms with Crippen molar-refractivity contribution in [3.8, 4) is 0 Å². The van der Waals surface area contributed by atoms with Gasteiger partial charge in [-0.25, -0.2) is 0 Å². The number of carbonyl (C=O) groups is 1. The summed E-state index contributed by atoms with van der Waals surface area (Å²) >= 11 is 0. The Bertz CT molecular complexity index is 521. The van der Waals surface area contributed by atoms with Crippen LogP contribution in [0.1, 0.15) is 6.92 Å². The summed E-state index contributed by atoms with van der Waals surface area (Å²) in [6.45, 7) is -1.47. The van der Waals surface area contributed by atoms with E-state index in [2.05, 4.69) is 5.32 Å². The number of nitrogens with one attached hydrogen (secondary N) is 1. The molecule has 0 saturated carbocycles. The molecule has 26 heavy (non-hydrogen) atoms. The van der Waals surface area contributed by atoms with Crippen LogP contribution >= 0.6 is 0 Å². The van der Waals surface area contributed by atoms with E-state index in [0.717, 1.165) is 6.92 Å². The van der Waals surface area contributed by atoms with Gasteiger partial charge >= 0.3 is 0 Å². The van der Waals surface area contributed by atoms with E-state index < -0.39 is 79.8 Å². The largest absolute Gasteiger partial charge is 0.394 e. The zero-order valence-corrected chi connectivity index (χ0v) is 14.0. The summed E-state index contributed by atoms with van der Waals surface area (Å²) in [5.41, 5.74) is -5.64. The highest BCUT2D eigenvalue weighted by Crippen LogP contribution is 2.42. The monoisotopic (exact) mass is 383 g/mol. The molecule has 1 amide bonds. The minimum absolute atomic E-state index is 0.692. The lowest BCUT2D eigenvalue weighted by Crippen LogP contribution is -2.83. The quantitative estimate of drug-likeness (QED) is 0.223. The first-order chi connectivity index (χ1) is 12.0. The zero-order chi connectivity index (χ0) is 19.9. The molecule has 0 unspecified atom stereocenters. The average Bonchev–Trinajstić information content (AvgIpc) is 2.59. The average molecular weight is 383 g/mol. The smallest absolute Gasteiger partial charge is 0.217 e. The maximum atomic E-state index is 11.3. The van der Waals surface area contributed by atoms with Crippen LogP contribution in [0.25, 0.3) is 0 Å². The molecule has 152 valence electrons. The Morgan fingerprint density at radius 3 is 2.23 bits per heavy atom. The van der Waals surface area contributed by atoms with Gasteiger partial charge in [0.1, 0.15) is 36.6 Å². The van der Waals surface area contributed by atoms with Crippen molar-refractivity contribution < 1.29 is 55.1 Å². The topological polar surface area (TPSA) is 209 Å². The molecule has 2 rings (SSSR count). The van der Waals surface area contributed by atoms with Crippen LogP contribution in [-0.2, 0) is 14.3 Å². The number of ether oxygens (including phenoxy) is 2. The Labute approximate surface area is 148 Å². The molecule has 2 heterocycles. The molecule has 0 spiro atoms. The van der Waals surface area contributed by atoms with E-state index in [-0.39, 0.29) is 0 Å². The molecule has 9 atom stereocenters. The maximum Gasteiger partial charge on any atom is 0.217 e. The maximum absolute atomic E-state index is 11.3. The van der Waals surface area contributed by atoms with Crippen LogP contribution in [0.15, 0.2) is 0 Å². The Balaban J connectivity index is 2.45. The lowest BCUT2D eigenvalue weighted by atomic mass is 9.66. The highest BCUT2D eigenvalue weighted by Gasteiger charge is 2.70. The highest BCUT2D eigenvalue weighted by atomic mass is 16.6. The molecule has 2 fully saturated rings. The minimum atomic E-state index is -2.87. The van der Waals surface area contributed by atoms with E-state index in [1.54, 1.807) is 0 Å². The summed E-state index contributed by atoms with van der Waals surface area (Å²) in [6, 6.07) is -1.62. The van der Waals surface area contributed by atoms with Crippen molar-refractivity contribution in [2.75, 3.05) is 19.8 Å². The SMILES string of the molecule is CC(=O)N[C@H]1[C@@H](O)[C@@](O)([C@@]2(O)CO[C@H](CO)[C@H](O)[C@@H]2O)[C@@H](CO)O[C@@H]1O. The number of aliphatic hydroxyl groups is 8. The second kappa shape index (κ2) is 7.59. The lowest BCUT2D eigenvalue weighted by Gasteiger charge is -2.58. The van der Waals surface area contributed by atoms with Gasteiger partial charge in [-0.2, -0.15) is 0 Å². The molecule has 0 bridgehead atoms. The van der Waals surface area contributed by atoms with Gasteiger partial charge < -0.3 is 55.6 Å². The van der Waals surface area contributed by atoms with Gasteiger partial charge in [0.25, 0.3) is 0 Å². The predicted octanol–water partition coefficient (Wildman–Crippen LogP) is -5.86. The second-order valence-electron chi connectivity index (χ2n) is 6.59. The van der Waals surface area contributed by atoms with Gasteiger partial charge in [-0.05, 0) is 0 Å². The van der Waals surface area contributed by atoms with Crippen molar-refractivity contribution in [3.05, 3.63) is 0 Å². The Kier molecular flexibility index (Phi) is 6.24. The van der Waals surface area contributed by atoms with E-state index >= 15 is 0 Å². The third-order valence-corrected chi connectivity index (χ3v) is 5.01. The summed E-state index contributed by atoms with van der Waals surface area (Å²) in [5, 5.41) is 83.6. The number of amides is 1. The first kappa shape index (κ1) is 21.4. The third kappa shape index (κ3) is 3.11. The first-order valence-corrected chi connectivity index (χ1v) is 7.97. The number of aliphatic hydroxyl groups excluding tert-OH is 6. The highest BCUT2D eigenvalue weighted by molar-refractivity contribution is 5.73. The lowest BCUT2D eigenvalue weighted by molar-refractivity contribution is -0.373. The number of hydrogen-bond acceptors (Lipinski definition) is 11. The third-order valence-electron chi connectivity index (χ3n) is 5.01. The van der Waals surface area contributed by atoms with Gasteiger partial charge in [-0.15, -0.1) is 0 Å². The standard InChI is InChI=1S/C14H25NO11/c1-5(18)15-8-10(20)14(24,7(3-17)26-12(8)22)13(23)4-25-6(2-16)9(19)11(13)21/h6-12,16-17,19-24H,2-4H2,1H3,(H,15,18)/t6-,7-,8+,9+,10-,11+,12+,13-,14-/m1/s1. The Morgan fingerprint density at radius 2 is 1.73 bits per heavy atom. The van der Waals surface area contributed by atoms with Crippen LogP contribution in [0.5, 0.6) is 0 Å². The van der Waals surface area contributed by atoms with Crippen molar-refractivity contribution in [2.24, 2.45) is 0 Å². The van der Waals surface area contributed by atoms with Gasteiger partial charge in [0, 0.05) is 6.92 Å². The summed E-state index contributed by atoms with van der Waals surface area (Å²) in [5.74, 6) is -0.700. The van der Waals surface area contributed by atoms with Crippen LogP contribution in [0.4, 0.5) is 0 Å². The Morgan fingerprint density at radius 1 is 1.12 bits per heavy atom. The molecule has 0 aliphatic carbocycles. The van der Waals surface area contributed by atoms with E-state index in [1.165, 1.54) is 0 Å². The number of rotatable bonds is 4. The molecular weight excluding hydrogens is 358 g/mol. The van der Waals surface area contributed by atoms with E-state index in [0.29, 0.717) is 0 Å².